The Bertz CT molecular complexity index is 380. The lowest BCUT2D eigenvalue weighted by Gasteiger charge is -2.09. The molecule has 3 N–H and O–H groups in total. The second-order valence-corrected chi connectivity index (χ2v) is 3.47. The molecule has 16 heavy (non-hydrogen) atoms. The second-order valence-electron chi connectivity index (χ2n) is 3.47. The van der Waals surface area contributed by atoms with Crippen molar-refractivity contribution in [1.29, 1.82) is 0 Å². The van der Waals surface area contributed by atoms with Crippen molar-refractivity contribution in [3.8, 4) is 0 Å². The minimum absolute atomic E-state index is 0.0121. The molecule has 0 amide bonds. The summed E-state index contributed by atoms with van der Waals surface area (Å²) in [6, 6.07) is 4.79. The van der Waals surface area contributed by atoms with E-state index in [1.807, 2.05) is 0 Å². The Kier molecular flexibility index (Phi) is 4.07. The number of anilines is 2. The highest BCUT2D eigenvalue weighted by molar-refractivity contribution is 5.67. The first-order valence-electron chi connectivity index (χ1n) is 4.92. The number of hydrogen-bond acceptors (Lipinski definition) is 5. The summed E-state index contributed by atoms with van der Waals surface area (Å²) in [5.41, 5.74) is 1.09. The molecule has 1 rings (SSSR count). The number of nitro groups is 1. The maximum absolute atomic E-state index is 10.8. The van der Waals surface area contributed by atoms with E-state index in [2.05, 4.69) is 10.6 Å². The number of nitro benzene ring substituents is 1. The highest BCUT2D eigenvalue weighted by atomic mass is 16.6. The lowest BCUT2D eigenvalue weighted by atomic mass is 10.2. The van der Waals surface area contributed by atoms with Gasteiger partial charge in [-0.05, 0) is 19.1 Å². The third kappa shape index (κ3) is 3.09. The monoisotopic (exact) mass is 225 g/mol. The van der Waals surface area contributed by atoms with E-state index in [1.165, 1.54) is 6.07 Å². The normalized spacial score (nSPS) is 11.9. The molecule has 0 spiro atoms. The average Bonchev–Trinajstić information content (AvgIpc) is 2.25. The first kappa shape index (κ1) is 12.3. The van der Waals surface area contributed by atoms with E-state index in [-0.39, 0.29) is 5.69 Å². The fraction of sp³-hybridized carbons (Fsp3) is 0.400. The van der Waals surface area contributed by atoms with Crippen LogP contribution in [0.25, 0.3) is 0 Å². The van der Waals surface area contributed by atoms with Gasteiger partial charge in [0.15, 0.2) is 0 Å². The van der Waals surface area contributed by atoms with Crippen molar-refractivity contribution < 1.29 is 10.0 Å². The Labute approximate surface area is 93.4 Å². The van der Waals surface area contributed by atoms with Crippen molar-refractivity contribution in [1.82, 2.24) is 0 Å². The molecule has 0 aliphatic rings. The number of aliphatic hydroxyl groups is 1. The van der Waals surface area contributed by atoms with Crippen molar-refractivity contribution in [3.05, 3.63) is 28.3 Å². The van der Waals surface area contributed by atoms with Gasteiger partial charge in [-0.25, -0.2) is 0 Å². The van der Waals surface area contributed by atoms with E-state index in [0.29, 0.717) is 17.9 Å². The highest BCUT2D eigenvalue weighted by Gasteiger charge is 2.13. The Morgan fingerprint density at radius 1 is 1.56 bits per heavy atom. The molecule has 88 valence electrons. The van der Waals surface area contributed by atoms with E-state index in [4.69, 9.17) is 5.11 Å². The predicted octanol–water partition coefficient (Wildman–Crippen LogP) is 1.43. The van der Waals surface area contributed by atoms with E-state index in [1.54, 1.807) is 26.1 Å². The first-order chi connectivity index (χ1) is 7.54. The predicted molar refractivity (Wildman–Crippen MR) is 62.8 cm³/mol. The van der Waals surface area contributed by atoms with Crippen LogP contribution in [0.3, 0.4) is 0 Å². The number of benzene rings is 1. The first-order valence-corrected chi connectivity index (χ1v) is 4.92. The van der Waals surface area contributed by atoms with Crippen LogP contribution in [0.2, 0.25) is 0 Å². The SMILES string of the molecule is CNc1ccc(NCC(C)O)cc1[N+](=O)[O-]. The molecule has 0 aromatic heterocycles. The van der Waals surface area contributed by atoms with E-state index < -0.39 is 11.0 Å². The van der Waals surface area contributed by atoms with Crippen LogP contribution in [0.1, 0.15) is 6.92 Å². The molecular weight excluding hydrogens is 210 g/mol. The van der Waals surface area contributed by atoms with Gasteiger partial charge in [-0.15, -0.1) is 0 Å². The largest absolute Gasteiger partial charge is 0.392 e. The van der Waals surface area contributed by atoms with Crippen LogP contribution >= 0.6 is 0 Å². The molecule has 1 atom stereocenters. The summed E-state index contributed by atoms with van der Waals surface area (Å²) in [6.45, 7) is 2.00. The van der Waals surface area contributed by atoms with Crippen LogP contribution in [0.15, 0.2) is 18.2 Å². The molecule has 0 aliphatic heterocycles. The van der Waals surface area contributed by atoms with Crippen LogP contribution in [0.5, 0.6) is 0 Å². The zero-order valence-corrected chi connectivity index (χ0v) is 9.23. The lowest BCUT2D eigenvalue weighted by molar-refractivity contribution is -0.383. The van der Waals surface area contributed by atoms with Gasteiger partial charge in [0.05, 0.1) is 11.0 Å². The summed E-state index contributed by atoms with van der Waals surface area (Å²) >= 11 is 0. The molecule has 0 saturated heterocycles. The third-order valence-corrected chi connectivity index (χ3v) is 2.07. The molecular formula is C10H15N3O3. The maximum atomic E-state index is 10.8. The minimum atomic E-state index is -0.497. The molecule has 0 aliphatic carbocycles. The van der Waals surface area contributed by atoms with Crippen molar-refractivity contribution >= 4 is 17.1 Å². The van der Waals surface area contributed by atoms with Crippen LogP contribution in [0.4, 0.5) is 17.1 Å². The fourth-order valence-corrected chi connectivity index (χ4v) is 1.27. The van der Waals surface area contributed by atoms with Crippen LogP contribution in [0, 0.1) is 10.1 Å². The molecule has 0 heterocycles. The van der Waals surface area contributed by atoms with Gasteiger partial charge < -0.3 is 15.7 Å². The van der Waals surface area contributed by atoms with Crippen molar-refractivity contribution in [2.75, 3.05) is 24.2 Å². The summed E-state index contributed by atoms with van der Waals surface area (Å²) in [5.74, 6) is 0. The van der Waals surface area contributed by atoms with Gasteiger partial charge in [-0.2, -0.15) is 0 Å². The molecule has 0 saturated carbocycles. The van der Waals surface area contributed by atoms with Gasteiger partial charge >= 0.3 is 0 Å². The molecule has 6 nitrogen and oxygen atoms in total. The molecule has 1 aromatic carbocycles. The van der Waals surface area contributed by atoms with Crippen LogP contribution < -0.4 is 10.6 Å². The Hall–Kier alpha value is -1.82. The van der Waals surface area contributed by atoms with Gasteiger partial charge in [-0.1, -0.05) is 0 Å². The fourth-order valence-electron chi connectivity index (χ4n) is 1.27. The zero-order valence-electron chi connectivity index (χ0n) is 9.23. The Morgan fingerprint density at radius 2 is 2.25 bits per heavy atom. The number of nitrogens with zero attached hydrogens (tertiary/aromatic N) is 1. The molecule has 0 bridgehead atoms. The zero-order chi connectivity index (χ0) is 12.1. The summed E-state index contributed by atoms with van der Waals surface area (Å²) in [7, 11) is 1.63. The number of hydrogen-bond donors (Lipinski definition) is 3. The summed E-state index contributed by atoms with van der Waals surface area (Å²) < 4.78 is 0. The number of rotatable bonds is 5. The van der Waals surface area contributed by atoms with Crippen molar-refractivity contribution in [2.45, 2.75) is 13.0 Å². The molecule has 1 unspecified atom stereocenters. The van der Waals surface area contributed by atoms with Gasteiger partial charge in [0, 0.05) is 25.3 Å². The van der Waals surface area contributed by atoms with Gasteiger partial charge in [0.2, 0.25) is 0 Å². The Balaban J connectivity index is 2.89. The van der Waals surface area contributed by atoms with Crippen LogP contribution in [-0.4, -0.2) is 29.7 Å². The minimum Gasteiger partial charge on any atom is -0.392 e. The topological polar surface area (TPSA) is 87.4 Å². The van der Waals surface area contributed by atoms with Crippen LogP contribution in [-0.2, 0) is 0 Å². The van der Waals surface area contributed by atoms with Gasteiger partial charge in [-0.3, -0.25) is 10.1 Å². The highest BCUT2D eigenvalue weighted by Crippen LogP contribution is 2.27. The average molecular weight is 225 g/mol. The smallest absolute Gasteiger partial charge is 0.294 e. The van der Waals surface area contributed by atoms with Gasteiger partial charge in [0.25, 0.3) is 5.69 Å². The second kappa shape index (κ2) is 5.32. The molecule has 0 radical (unpaired) electrons. The maximum Gasteiger partial charge on any atom is 0.294 e. The lowest BCUT2D eigenvalue weighted by Crippen LogP contribution is -2.15. The summed E-state index contributed by atoms with van der Waals surface area (Å²) in [5, 5.41) is 25.5. The van der Waals surface area contributed by atoms with Crippen molar-refractivity contribution in [3.63, 3.8) is 0 Å². The van der Waals surface area contributed by atoms with E-state index in [9.17, 15) is 10.1 Å². The summed E-state index contributed by atoms with van der Waals surface area (Å²) in [6.07, 6.45) is -0.497. The number of aliphatic hydroxyl groups excluding tert-OH is 1. The summed E-state index contributed by atoms with van der Waals surface area (Å²) in [4.78, 5) is 10.3. The molecule has 6 heteroatoms. The Morgan fingerprint density at radius 3 is 2.75 bits per heavy atom. The standard InChI is InChI=1S/C10H15N3O3/c1-7(14)6-12-8-3-4-9(11-2)10(5-8)13(15)16/h3-5,7,11-12,14H,6H2,1-2H3. The molecule has 0 fully saturated rings. The molecule has 1 aromatic rings. The third-order valence-electron chi connectivity index (χ3n) is 2.07. The van der Waals surface area contributed by atoms with Gasteiger partial charge in [0.1, 0.15) is 5.69 Å². The van der Waals surface area contributed by atoms with E-state index >= 15 is 0 Å². The quantitative estimate of drug-likeness (QED) is 0.521. The number of nitrogens with one attached hydrogen (secondary N) is 2. The van der Waals surface area contributed by atoms with E-state index in [0.717, 1.165) is 0 Å². The van der Waals surface area contributed by atoms with Crippen molar-refractivity contribution in [2.24, 2.45) is 0 Å².